The molecule has 1 fully saturated rings. The number of carbonyl (C=O) groups is 2. The number of anilines is 2. The van der Waals surface area contributed by atoms with Crippen LogP contribution >= 0.6 is 22.9 Å². The Labute approximate surface area is 169 Å². The third kappa shape index (κ3) is 3.88. The van der Waals surface area contributed by atoms with E-state index in [1.165, 1.54) is 35.6 Å². The van der Waals surface area contributed by atoms with Gasteiger partial charge in [0.25, 0.3) is 5.91 Å². The Bertz CT molecular complexity index is 1020. The lowest BCUT2D eigenvalue weighted by atomic mass is 10.1. The molecule has 0 radical (unpaired) electrons. The summed E-state index contributed by atoms with van der Waals surface area (Å²) in [6.45, 7) is 0.487. The molecule has 1 aromatic heterocycles. The molecule has 1 aliphatic rings. The summed E-state index contributed by atoms with van der Waals surface area (Å²) in [7, 11) is 0. The van der Waals surface area contributed by atoms with Crippen molar-refractivity contribution in [1.29, 1.82) is 0 Å². The summed E-state index contributed by atoms with van der Waals surface area (Å²) in [5.74, 6) is -0.907. The summed E-state index contributed by atoms with van der Waals surface area (Å²) in [5.41, 5.74) is 1.11. The molecule has 0 unspecified atom stereocenters. The molecule has 142 valence electrons. The Hall–Kier alpha value is -2.84. The fourth-order valence-electron chi connectivity index (χ4n) is 2.96. The first-order valence-electron chi connectivity index (χ1n) is 8.46. The number of rotatable bonds is 4. The average Bonchev–Trinajstić information content (AvgIpc) is 3.29. The average molecular weight is 417 g/mol. The first-order chi connectivity index (χ1) is 13.5. The first kappa shape index (κ1) is 18.5. The largest absolute Gasteiger partial charge is 0.312 e. The van der Waals surface area contributed by atoms with Gasteiger partial charge in [0.1, 0.15) is 10.8 Å². The van der Waals surface area contributed by atoms with Crippen molar-refractivity contribution in [3.63, 3.8) is 0 Å². The second-order valence-corrected chi connectivity index (χ2v) is 7.73. The topological polar surface area (TPSA) is 75.2 Å². The van der Waals surface area contributed by atoms with E-state index in [0.717, 1.165) is 5.69 Å². The van der Waals surface area contributed by atoms with Crippen LogP contribution in [0.2, 0.25) is 5.02 Å². The molecule has 6 nitrogen and oxygen atoms in total. The molecule has 28 heavy (non-hydrogen) atoms. The van der Waals surface area contributed by atoms with Crippen molar-refractivity contribution in [3.8, 4) is 0 Å². The minimum atomic E-state index is -0.411. The van der Waals surface area contributed by atoms with E-state index >= 15 is 0 Å². The predicted octanol–water partition coefficient (Wildman–Crippen LogP) is 4.10. The van der Waals surface area contributed by atoms with Crippen LogP contribution in [-0.2, 0) is 4.79 Å². The van der Waals surface area contributed by atoms with Gasteiger partial charge in [-0.05, 0) is 48.5 Å². The van der Waals surface area contributed by atoms with Crippen LogP contribution in [0.1, 0.15) is 27.7 Å². The van der Waals surface area contributed by atoms with E-state index in [1.54, 1.807) is 29.2 Å². The molecule has 1 saturated heterocycles. The van der Waals surface area contributed by atoms with Crippen molar-refractivity contribution < 1.29 is 14.0 Å². The third-order valence-corrected chi connectivity index (χ3v) is 5.63. The summed E-state index contributed by atoms with van der Waals surface area (Å²) in [4.78, 5) is 26.3. The van der Waals surface area contributed by atoms with E-state index in [1.807, 2.05) is 0 Å². The molecule has 1 N–H and O–H groups in total. The number of carbonyl (C=O) groups excluding carboxylic acids is 2. The van der Waals surface area contributed by atoms with Crippen molar-refractivity contribution in [3.05, 3.63) is 69.9 Å². The van der Waals surface area contributed by atoms with Crippen LogP contribution in [0.5, 0.6) is 0 Å². The number of nitrogens with zero attached hydrogens (tertiary/aromatic N) is 3. The molecule has 0 saturated carbocycles. The van der Waals surface area contributed by atoms with E-state index in [4.69, 9.17) is 11.6 Å². The second kappa shape index (κ2) is 7.65. The van der Waals surface area contributed by atoms with Gasteiger partial charge >= 0.3 is 0 Å². The van der Waals surface area contributed by atoms with Gasteiger partial charge < -0.3 is 4.90 Å². The lowest BCUT2D eigenvalue weighted by Crippen LogP contribution is -2.24. The molecule has 3 aromatic rings. The number of benzene rings is 2. The van der Waals surface area contributed by atoms with Crippen LogP contribution in [-0.4, -0.2) is 28.6 Å². The van der Waals surface area contributed by atoms with Crippen molar-refractivity contribution in [2.24, 2.45) is 0 Å². The lowest BCUT2D eigenvalue weighted by Gasteiger charge is -2.16. The van der Waals surface area contributed by atoms with Crippen LogP contribution in [0.4, 0.5) is 15.2 Å². The normalized spacial score (nSPS) is 16.4. The number of nitrogens with one attached hydrogen (secondary N) is 1. The molecule has 2 heterocycles. The highest BCUT2D eigenvalue weighted by molar-refractivity contribution is 7.15. The Morgan fingerprint density at radius 1 is 1.14 bits per heavy atom. The zero-order chi connectivity index (χ0) is 19.7. The van der Waals surface area contributed by atoms with Gasteiger partial charge in [0.05, 0.1) is 0 Å². The SMILES string of the molecule is O=C(Nc1nnc([C@@H]2CC(=O)N(c3ccc(Cl)cc3)C2)s1)c1ccc(F)cc1. The number of hydrogen-bond acceptors (Lipinski definition) is 5. The minimum absolute atomic E-state index is 0.000537. The van der Waals surface area contributed by atoms with Gasteiger partial charge in [0, 0.05) is 35.2 Å². The standard InChI is InChI=1S/C19H14ClFN4O2S/c20-13-3-7-15(8-4-13)25-10-12(9-16(25)26)18-23-24-19(28-18)22-17(27)11-1-5-14(21)6-2-11/h1-8,12H,9-10H2,(H,22,24,27)/t12-/m1/s1. The Morgan fingerprint density at radius 3 is 2.57 bits per heavy atom. The summed E-state index contributed by atoms with van der Waals surface area (Å²) in [5, 5.41) is 12.4. The molecule has 2 amide bonds. The first-order valence-corrected chi connectivity index (χ1v) is 9.65. The lowest BCUT2D eigenvalue weighted by molar-refractivity contribution is -0.117. The highest BCUT2D eigenvalue weighted by atomic mass is 35.5. The van der Waals surface area contributed by atoms with Gasteiger partial charge in [-0.3, -0.25) is 14.9 Å². The number of aromatic nitrogens is 2. The number of amides is 2. The maximum Gasteiger partial charge on any atom is 0.257 e. The van der Waals surface area contributed by atoms with Crippen molar-refractivity contribution in [1.82, 2.24) is 10.2 Å². The third-order valence-electron chi connectivity index (χ3n) is 4.38. The van der Waals surface area contributed by atoms with E-state index in [0.29, 0.717) is 33.7 Å². The Kier molecular flexibility index (Phi) is 5.06. The summed E-state index contributed by atoms with van der Waals surface area (Å²) >= 11 is 7.13. The zero-order valence-corrected chi connectivity index (χ0v) is 16.0. The molecule has 1 aliphatic heterocycles. The molecule has 0 spiro atoms. The van der Waals surface area contributed by atoms with Crippen LogP contribution in [0.25, 0.3) is 0 Å². The highest BCUT2D eigenvalue weighted by Crippen LogP contribution is 2.34. The van der Waals surface area contributed by atoms with Gasteiger partial charge in [-0.2, -0.15) is 0 Å². The molecular formula is C19H14ClFN4O2S. The fraction of sp³-hybridized carbons (Fsp3) is 0.158. The quantitative estimate of drug-likeness (QED) is 0.694. The van der Waals surface area contributed by atoms with E-state index < -0.39 is 11.7 Å². The van der Waals surface area contributed by atoms with E-state index in [-0.39, 0.29) is 11.8 Å². The van der Waals surface area contributed by atoms with Crippen molar-refractivity contribution in [2.75, 3.05) is 16.8 Å². The maximum absolute atomic E-state index is 13.0. The number of halogens is 2. The van der Waals surface area contributed by atoms with Gasteiger partial charge in [-0.15, -0.1) is 10.2 Å². The smallest absolute Gasteiger partial charge is 0.257 e. The monoisotopic (exact) mass is 416 g/mol. The zero-order valence-electron chi connectivity index (χ0n) is 14.4. The van der Waals surface area contributed by atoms with Crippen LogP contribution < -0.4 is 10.2 Å². The highest BCUT2D eigenvalue weighted by Gasteiger charge is 2.34. The van der Waals surface area contributed by atoms with Crippen molar-refractivity contribution >= 4 is 45.6 Å². The molecule has 0 aliphatic carbocycles. The van der Waals surface area contributed by atoms with E-state index in [9.17, 15) is 14.0 Å². The maximum atomic E-state index is 13.0. The van der Waals surface area contributed by atoms with Gasteiger partial charge in [0.2, 0.25) is 11.0 Å². The van der Waals surface area contributed by atoms with Gasteiger partial charge in [-0.1, -0.05) is 22.9 Å². The second-order valence-electron chi connectivity index (χ2n) is 6.29. The van der Waals surface area contributed by atoms with E-state index in [2.05, 4.69) is 15.5 Å². The molecule has 1 atom stereocenters. The summed E-state index contributed by atoms with van der Waals surface area (Å²) in [6, 6.07) is 12.3. The van der Waals surface area contributed by atoms with Crippen LogP contribution in [0.15, 0.2) is 48.5 Å². The van der Waals surface area contributed by atoms with Crippen LogP contribution in [0, 0.1) is 5.82 Å². The molecule has 4 rings (SSSR count). The van der Waals surface area contributed by atoms with Gasteiger partial charge in [-0.25, -0.2) is 4.39 Å². The summed E-state index contributed by atoms with van der Waals surface area (Å²) < 4.78 is 13.0. The molecule has 2 aromatic carbocycles. The minimum Gasteiger partial charge on any atom is -0.312 e. The molecule has 9 heteroatoms. The molecular weight excluding hydrogens is 403 g/mol. The van der Waals surface area contributed by atoms with Crippen LogP contribution in [0.3, 0.4) is 0 Å². The molecule has 0 bridgehead atoms. The Morgan fingerprint density at radius 2 is 1.86 bits per heavy atom. The number of hydrogen-bond donors (Lipinski definition) is 1. The predicted molar refractivity (Wildman–Crippen MR) is 105 cm³/mol. The summed E-state index contributed by atoms with van der Waals surface area (Å²) in [6.07, 6.45) is 0.323. The Balaban J connectivity index is 1.44. The fourth-order valence-corrected chi connectivity index (χ4v) is 3.92. The van der Waals surface area contributed by atoms with Crippen molar-refractivity contribution in [2.45, 2.75) is 12.3 Å². The van der Waals surface area contributed by atoms with Gasteiger partial charge in [0.15, 0.2) is 0 Å².